The highest BCUT2D eigenvalue weighted by Gasteiger charge is 2.29. The predicted molar refractivity (Wildman–Crippen MR) is 80.7 cm³/mol. The van der Waals surface area contributed by atoms with Gasteiger partial charge in [0.1, 0.15) is 0 Å². The molecule has 0 unspecified atom stereocenters. The summed E-state index contributed by atoms with van der Waals surface area (Å²) in [4.78, 5) is 0.361. The number of piperidine rings is 1. The maximum atomic E-state index is 12.6. The van der Waals surface area contributed by atoms with Gasteiger partial charge in [0, 0.05) is 13.1 Å². The normalized spacial score (nSPS) is 18.0. The standard InChI is InChI=1S/C15H23NO4S/c1-12-3-4-15(11-13(12)2)21(18,19)16-7-5-14(6-8-16)20-10-9-17/h3-4,11,14,17H,5-10H2,1-2H3. The van der Waals surface area contributed by atoms with Crippen LogP contribution in [0.3, 0.4) is 0 Å². The second-order valence-corrected chi connectivity index (χ2v) is 7.38. The van der Waals surface area contributed by atoms with Gasteiger partial charge in [-0.3, -0.25) is 0 Å². The monoisotopic (exact) mass is 313 g/mol. The summed E-state index contributed by atoms with van der Waals surface area (Å²) in [5.74, 6) is 0. The molecule has 2 rings (SSSR count). The molecule has 1 aromatic rings. The molecule has 1 aromatic carbocycles. The van der Waals surface area contributed by atoms with Gasteiger partial charge < -0.3 is 9.84 Å². The molecule has 1 N–H and O–H groups in total. The minimum atomic E-state index is -3.42. The van der Waals surface area contributed by atoms with Crippen LogP contribution in [0.15, 0.2) is 23.1 Å². The number of aliphatic hydroxyl groups excluding tert-OH is 1. The Morgan fingerprint density at radius 1 is 1.24 bits per heavy atom. The van der Waals surface area contributed by atoms with Crippen LogP contribution in [-0.4, -0.2) is 50.2 Å². The average Bonchev–Trinajstić information content (AvgIpc) is 2.48. The van der Waals surface area contributed by atoms with Gasteiger partial charge in [0.05, 0.1) is 24.2 Å². The number of aliphatic hydroxyl groups is 1. The van der Waals surface area contributed by atoms with Gasteiger partial charge in [-0.15, -0.1) is 0 Å². The largest absolute Gasteiger partial charge is 0.394 e. The summed E-state index contributed by atoms with van der Waals surface area (Å²) in [7, 11) is -3.42. The molecule has 0 aliphatic carbocycles. The molecular weight excluding hydrogens is 290 g/mol. The number of hydrogen-bond donors (Lipinski definition) is 1. The fraction of sp³-hybridized carbons (Fsp3) is 0.600. The maximum absolute atomic E-state index is 12.6. The molecule has 21 heavy (non-hydrogen) atoms. The van der Waals surface area contributed by atoms with Crippen molar-refractivity contribution in [1.82, 2.24) is 4.31 Å². The van der Waals surface area contributed by atoms with Gasteiger partial charge in [-0.05, 0) is 49.9 Å². The van der Waals surface area contributed by atoms with E-state index in [0.29, 0.717) is 37.4 Å². The van der Waals surface area contributed by atoms with Crippen LogP contribution in [0.25, 0.3) is 0 Å². The Morgan fingerprint density at radius 3 is 2.48 bits per heavy atom. The zero-order valence-electron chi connectivity index (χ0n) is 12.6. The molecule has 1 aliphatic heterocycles. The van der Waals surface area contributed by atoms with Crippen LogP contribution < -0.4 is 0 Å². The Labute approximate surface area is 126 Å². The number of ether oxygens (including phenoxy) is 1. The molecule has 5 nitrogen and oxygen atoms in total. The first-order valence-electron chi connectivity index (χ1n) is 7.25. The van der Waals surface area contributed by atoms with E-state index in [4.69, 9.17) is 9.84 Å². The summed E-state index contributed by atoms with van der Waals surface area (Å²) in [6.45, 7) is 5.13. The third-order valence-electron chi connectivity index (χ3n) is 3.96. The van der Waals surface area contributed by atoms with Gasteiger partial charge in [-0.2, -0.15) is 4.31 Å². The number of rotatable bonds is 5. The maximum Gasteiger partial charge on any atom is 0.243 e. The summed E-state index contributed by atoms with van der Waals surface area (Å²) in [6, 6.07) is 5.25. The summed E-state index contributed by atoms with van der Waals surface area (Å²) in [5, 5.41) is 8.74. The first-order chi connectivity index (χ1) is 9.95. The molecule has 0 spiro atoms. The molecule has 0 saturated carbocycles. The van der Waals surface area contributed by atoms with Crippen LogP contribution in [-0.2, 0) is 14.8 Å². The van der Waals surface area contributed by atoms with Crippen LogP contribution in [0.5, 0.6) is 0 Å². The molecule has 0 aromatic heterocycles. The summed E-state index contributed by atoms with van der Waals surface area (Å²) >= 11 is 0. The highest BCUT2D eigenvalue weighted by molar-refractivity contribution is 7.89. The fourth-order valence-electron chi connectivity index (χ4n) is 2.48. The van der Waals surface area contributed by atoms with Crippen LogP contribution >= 0.6 is 0 Å². The molecule has 1 fully saturated rings. The van der Waals surface area contributed by atoms with Gasteiger partial charge in [-0.1, -0.05) is 6.07 Å². The Morgan fingerprint density at radius 2 is 1.90 bits per heavy atom. The molecule has 118 valence electrons. The van der Waals surface area contributed by atoms with E-state index >= 15 is 0 Å². The summed E-state index contributed by atoms with van der Waals surface area (Å²) in [5.41, 5.74) is 2.07. The van der Waals surface area contributed by atoms with E-state index in [1.807, 2.05) is 19.9 Å². The first kappa shape index (κ1) is 16.4. The highest BCUT2D eigenvalue weighted by atomic mass is 32.2. The van der Waals surface area contributed by atoms with Gasteiger partial charge in [0.2, 0.25) is 10.0 Å². The minimum Gasteiger partial charge on any atom is -0.394 e. The number of hydrogen-bond acceptors (Lipinski definition) is 4. The smallest absolute Gasteiger partial charge is 0.243 e. The Hall–Kier alpha value is -0.950. The number of sulfonamides is 1. The molecule has 0 atom stereocenters. The van der Waals surface area contributed by atoms with Crippen molar-refractivity contribution < 1.29 is 18.3 Å². The van der Waals surface area contributed by atoms with Gasteiger partial charge in [0.25, 0.3) is 0 Å². The van der Waals surface area contributed by atoms with E-state index in [2.05, 4.69) is 0 Å². The van der Waals surface area contributed by atoms with Crippen molar-refractivity contribution in [3.8, 4) is 0 Å². The van der Waals surface area contributed by atoms with Crippen LogP contribution in [0.1, 0.15) is 24.0 Å². The quantitative estimate of drug-likeness (QED) is 0.894. The van der Waals surface area contributed by atoms with Crippen molar-refractivity contribution in [2.24, 2.45) is 0 Å². The minimum absolute atomic E-state index is 0.00115. The third kappa shape index (κ3) is 3.83. The molecule has 6 heteroatoms. The SMILES string of the molecule is Cc1ccc(S(=O)(=O)N2CCC(OCCO)CC2)cc1C. The van der Waals surface area contributed by atoms with E-state index in [0.717, 1.165) is 11.1 Å². The van der Waals surface area contributed by atoms with Crippen LogP contribution in [0.2, 0.25) is 0 Å². The van der Waals surface area contributed by atoms with Gasteiger partial charge in [-0.25, -0.2) is 8.42 Å². The van der Waals surface area contributed by atoms with E-state index in [1.54, 1.807) is 12.1 Å². The first-order valence-corrected chi connectivity index (χ1v) is 8.69. The van der Waals surface area contributed by atoms with E-state index < -0.39 is 10.0 Å². The van der Waals surface area contributed by atoms with Gasteiger partial charge in [0.15, 0.2) is 0 Å². The second kappa shape index (κ2) is 6.87. The third-order valence-corrected chi connectivity index (χ3v) is 5.86. The topological polar surface area (TPSA) is 66.8 Å². The second-order valence-electron chi connectivity index (χ2n) is 5.44. The molecule has 0 amide bonds. The van der Waals surface area contributed by atoms with Crippen LogP contribution in [0, 0.1) is 13.8 Å². The molecule has 1 aliphatic rings. The van der Waals surface area contributed by atoms with Crippen molar-refractivity contribution in [2.75, 3.05) is 26.3 Å². The van der Waals surface area contributed by atoms with E-state index in [-0.39, 0.29) is 12.7 Å². The van der Waals surface area contributed by atoms with Crippen molar-refractivity contribution in [1.29, 1.82) is 0 Å². The molecule has 0 radical (unpaired) electrons. The Balaban J connectivity index is 2.06. The Kier molecular flexibility index (Phi) is 5.37. The molecular formula is C15H23NO4S. The lowest BCUT2D eigenvalue weighted by atomic mass is 10.1. The van der Waals surface area contributed by atoms with E-state index in [1.165, 1.54) is 4.31 Å². The Bertz CT molecular complexity index is 577. The zero-order valence-corrected chi connectivity index (χ0v) is 13.4. The van der Waals surface area contributed by atoms with Crippen LogP contribution in [0.4, 0.5) is 0 Å². The lowest BCUT2D eigenvalue weighted by molar-refractivity contribution is 0.00318. The summed E-state index contributed by atoms with van der Waals surface area (Å²) in [6.07, 6.45) is 1.39. The predicted octanol–water partition coefficient (Wildman–Crippen LogP) is 1.47. The molecule has 1 heterocycles. The van der Waals surface area contributed by atoms with Crippen molar-refractivity contribution in [2.45, 2.75) is 37.7 Å². The molecule has 1 saturated heterocycles. The number of nitrogens with zero attached hydrogens (tertiary/aromatic N) is 1. The highest BCUT2D eigenvalue weighted by Crippen LogP contribution is 2.23. The number of benzene rings is 1. The lowest BCUT2D eigenvalue weighted by Crippen LogP contribution is -2.41. The summed E-state index contributed by atoms with van der Waals surface area (Å²) < 4.78 is 32.2. The lowest BCUT2D eigenvalue weighted by Gasteiger charge is -2.31. The van der Waals surface area contributed by atoms with Crippen molar-refractivity contribution in [3.05, 3.63) is 29.3 Å². The van der Waals surface area contributed by atoms with Crippen molar-refractivity contribution >= 4 is 10.0 Å². The molecule has 0 bridgehead atoms. The van der Waals surface area contributed by atoms with Crippen molar-refractivity contribution in [3.63, 3.8) is 0 Å². The zero-order chi connectivity index (χ0) is 15.5. The number of aryl methyl sites for hydroxylation is 2. The van der Waals surface area contributed by atoms with Gasteiger partial charge >= 0.3 is 0 Å². The fourth-order valence-corrected chi connectivity index (χ4v) is 4.04. The van der Waals surface area contributed by atoms with E-state index in [9.17, 15) is 8.42 Å². The average molecular weight is 313 g/mol.